The average molecular weight is 355 g/mol. The van der Waals surface area contributed by atoms with Gasteiger partial charge in [0.05, 0.1) is 4.92 Å². The van der Waals surface area contributed by atoms with Gasteiger partial charge in [-0.2, -0.15) is 0 Å². The van der Waals surface area contributed by atoms with Gasteiger partial charge in [0.15, 0.2) is 9.84 Å². The summed E-state index contributed by atoms with van der Waals surface area (Å²) in [5.74, 6) is 0.0168. The highest BCUT2D eigenvalue weighted by Crippen LogP contribution is 2.30. The van der Waals surface area contributed by atoms with Gasteiger partial charge >= 0.3 is 0 Å². The molecule has 0 N–H and O–H groups in total. The lowest BCUT2D eigenvalue weighted by molar-refractivity contribution is -0.387. The van der Waals surface area contributed by atoms with Crippen molar-refractivity contribution in [3.05, 3.63) is 28.3 Å². The van der Waals surface area contributed by atoms with Gasteiger partial charge in [0.25, 0.3) is 5.69 Å². The molecule has 0 atom stereocenters. The van der Waals surface area contributed by atoms with Crippen LogP contribution in [0.25, 0.3) is 0 Å². The first-order valence-electron chi connectivity index (χ1n) is 7.58. The van der Waals surface area contributed by atoms with Crippen LogP contribution >= 0.6 is 0 Å². The van der Waals surface area contributed by atoms with Crippen LogP contribution in [0.5, 0.6) is 0 Å². The Balaban J connectivity index is 2.23. The second-order valence-corrected chi connectivity index (χ2v) is 8.01. The largest absolute Gasteiger partial charge is 0.371 e. The molecule has 0 bridgehead atoms. The predicted octanol–water partition coefficient (Wildman–Crippen LogP) is 1.45. The number of hydrogen-bond acceptors (Lipinski definition) is 6. The average Bonchev–Trinajstić information content (AvgIpc) is 2.52. The van der Waals surface area contributed by atoms with Gasteiger partial charge in [0.2, 0.25) is 5.91 Å². The molecule has 0 aliphatic carbocycles. The molecule has 0 radical (unpaired) electrons. The van der Waals surface area contributed by atoms with Crippen LogP contribution < -0.4 is 4.90 Å². The highest BCUT2D eigenvalue weighted by atomic mass is 32.2. The Morgan fingerprint density at radius 3 is 2.38 bits per heavy atom. The summed E-state index contributed by atoms with van der Waals surface area (Å²) in [5.41, 5.74) is 0.234. The Morgan fingerprint density at radius 1 is 1.33 bits per heavy atom. The Bertz CT molecular complexity index is 754. The number of anilines is 1. The van der Waals surface area contributed by atoms with E-state index in [4.69, 9.17) is 0 Å². The van der Waals surface area contributed by atoms with Gasteiger partial charge in [0.1, 0.15) is 4.90 Å². The summed E-state index contributed by atoms with van der Waals surface area (Å²) in [6.07, 6.45) is 2.50. The smallest absolute Gasteiger partial charge is 0.288 e. The molecular weight excluding hydrogens is 334 g/mol. The van der Waals surface area contributed by atoms with E-state index in [1.807, 2.05) is 4.90 Å². The predicted molar refractivity (Wildman–Crippen MR) is 89.9 cm³/mol. The van der Waals surface area contributed by atoms with Crippen LogP contribution in [0.4, 0.5) is 11.4 Å². The van der Waals surface area contributed by atoms with Crippen LogP contribution in [-0.4, -0.2) is 56.6 Å². The van der Waals surface area contributed by atoms with E-state index in [0.29, 0.717) is 18.8 Å². The normalized spacial score (nSPS) is 16.0. The summed E-state index contributed by atoms with van der Waals surface area (Å²) in [7, 11) is -1.92. The second kappa shape index (κ2) is 6.76. The van der Waals surface area contributed by atoms with Crippen LogP contribution in [0, 0.1) is 10.1 Å². The Hall–Kier alpha value is -2.16. The van der Waals surface area contributed by atoms with Crippen molar-refractivity contribution in [2.24, 2.45) is 0 Å². The van der Waals surface area contributed by atoms with Crippen molar-refractivity contribution < 1.29 is 18.1 Å². The number of carbonyl (C=O) groups is 1. The summed E-state index contributed by atoms with van der Waals surface area (Å²) in [6.45, 7) is 2.84. The maximum Gasteiger partial charge on any atom is 0.288 e. The zero-order valence-electron chi connectivity index (χ0n) is 13.9. The Labute approximate surface area is 141 Å². The second-order valence-electron chi connectivity index (χ2n) is 6.03. The highest BCUT2D eigenvalue weighted by Gasteiger charge is 2.27. The van der Waals surface area contributed by atoms with E-state index < -0.39 is 20.4 Å². The van der Waals surface area contributed by atoms with Crippen molar-refractivity contribution >= 4 is 27.1 Å². The number of piperidine rings is 1. The standard InChI is InChI=1S/C15H21N3O5S/c1-11(19)16(2)12-6-8-17(9-7-12)13-4-5-14(18(20)21)15(10-13)24(3,22)23/h4-5,10,12H,6-9H2,1-3H3. The molecule has 8 nitrogen and oxygen atoms in total. The molecule has 1 aromatic rings. The molecule has 1 fully saturated rings. The minimum Gasteiger partial charge on any atom is -0.371 e. The maximum atomic E-state index is 11.8. The maximum absolute atomic E-state index is 11.8. The molecule has 1 saturated heterocycles. The number of nitro groups is 1. The summed E-state index contributed by atoms with van der Waals surface area (Å²) in [5, 5.41) is 11.0. The Kier molecular flexibility index (Phi) is 5.12. The molecule has 0 unspecified atom stereocenters. The molecule has 1 heterocycles. The van der Waals surface area contributed by atoms with Crippen LogP contribution in [0.15, 0.2) is 23.1 Å². The fraction of sp³-hybridized carbons (Fsp3) is 0.533. The van der Waals surface area contributed by atoms with E-state index in [1.54, 1.807) is 18.0 Å². The number of nitrogens with zero attached hydrogens (tertiary/aromatic N) is 3. The summed E-state index contributed by atoms with van der Waals surface area (Å²) in [6, 6.07) is 4.33. The molecule has 0 aromatic heterocycles. The molecule has 1 aliphatic heterocycles. The minimum atomic E-state index is -3.70. The quantitative estimate of drug-likeness (QED) is 0.598. The van der Waals surface area contributed by atoms with Crippen molar-refractivity contribution in [2.45, 2.75) is 30.7 Å². The molecule has 1 aliphatic rings. The number of nitro benzene ring substituents is 1. The van der Waals surface area contributed by atoms with Crippen LogP contribution in [0.2, 0.25) is 0 Å². The van der Waals surface area contributed by atoms with Gasteiger partial charge in [-0.15, -0.1) is 0 Å². The molecule has 1 amide bonds. The Morgan fingerprint density at radius 2 is 1.92 bits per heavy atom. The van der Waals surface area contributed by atoms with Gasteiger partial charge < -0.3 is 9.80 Å². The lowest BCUT2D eigenvalue weighted by Gasteiger charge is -2.37. The van der Waals surface area contributed by atoms with Crippen molar-refractivity contribution in [1.82, 2.24) is 4.90 Å². The van der Waals surface area contributed by atoms with Gasteiger partial charge in [-0.1, -0.05) is 0 Å². The molecular formula is C15H21N3O5S. The molecule has 132 valence electrons. The third-order valence-corrected chi connectivity index (χ3v) is 5.54. The van der Waals surface area contributed by atoms with Crippen molar-refractivity contribution in [1.29, 1.82) is 0 Å². The van der Waals surface area contributed by atoms with E-state index in [2.05, 4.69) is 0 Å². The SMILES string of the molecule is CC(=O)N(C)C1CCN(c2ccc([N+](=O)[O-])c(S(C)(=O)=O)c2)CC1. The summed E-state index contributed by atoms with van der Waals surface area (Å²) < 4.78 is 23.7. The summed E-state index contributed by atoms with van der Waals surface area (Å²) >= 11 is 0. The number of hydrogen-bond donors (Lipinski definition) is 0. The monoisotopic (exact) mass is 355 g/mol. The molecule has 2 rings (SSSR count). The molecule has 9 heteroatoms. The third-order valence-electron chi connectivity index (χ3n) is 4.41. The van der Waals surface area contributed by atoms with Gasteiger partial charge in [-0.3, -0.25) is 14.9 Å². The number of carbonyl (C=O) groups excluding carboxylic acids is 1. The molecule has 1 aromatic carbocycles. The fourth-order valence-corrected chi connectivity index (χ4v) is 3.77. The van der Waals surface area contributed by atoms with E-state index >= 15 is 0 Å². The van der Waals surface area contributed by atoms with Gasteiger partial charge in [-0.05, 0) is 25.0 Å². The van der Waals surface area contributed by atoms with Crippen molar-refractivity contribution in [2.75, 3.05) is 31.3 Å². The number of sulfone groups is 1. The topological polar surface area (TPSA) is 101 Å². The number of benzene rings is 1. The fourth-order valence-electron chi connectivity index (χ4n) is 2.92. The van der Waals surface area contributed by atoms with E-state index in [0.717, 1.165) is 19.1 Å². The van der Waals surface area contributed by atoms with E-state index in [9.17, 15) is 23.3 Å². The summed E-state index contributed by atoms with van der Waals surface area (Å²) in [4.78, 5) is 25.2. The van der Waals surface area contributed by atoms with E-state index in [1.165, 1.54) is 19.1 Å². The number of amides is 1. The van der Waals surface area contributed by atoms with Crippen molar-refractivity contribution in [3.8, 4) is 0 Å². The first-order chi connectivity index (χ1) is 11.1. The minimum absolute atomic E-state index is 0.0168. The number of rotatable bonds is 4. The lowest BCUT2D eigenvalue weighted by Crippen LogP contribution is -2.45. The van der Waals surface area contributed by atoms with Crippen molar-refractivity contribution in [3.63, 3.8) is 0 Å². The first kappa shape index (κ1) is 18.2. The zero-order chi connectivity index (χ0) is 18.1. The van der Waals surface area contributed by atoms with Crippen LogP contribution in [0.1, 0.15) is 19.8 Å². The van der Waals surface area contributed by atoms with Gasteiger partial charge in [0, 0.05) is 51.1 Å². The lowest BCUT2D eigenvalue weighted by atomic mass is 10.0. The third kappa shape index (κ3) is 3.84. The molecule has 24 heavy (non-hydrogen) atoms. The van der Waals surface area contributed by atoms with E-state index in [-0.39, 0.29) is 16.8 Å². The van der Waals surface area contributed by atoms with Crippen LogP contribution in [-0.2, 0) is 14.6 Å². The van der Waals surface area contributed by atoms with Gasteiger partial charge in [-0.25, -0.2) is 8.42 Å². The zero-order valence-corrected chi connectivity index (χ0v) is 14.7. The van der Waals surface area contributed by atoms with Crippen LogP contribution in [0.3, 0.4) is 0 Å². The first-order valence-corrected chi connectivity index (χ1v) is 9.47. The molecule has 0 saturated carbocycles. The highest BCUT2D eigenvalue weighted by molar-refractivity contribution is 7.90. The molecule has 0 spiro atoms.